The van der Waals surface area contributed by atoms with Gasteiger partial charge < -0.3 is 4.90 Å². The van der Waals surface area contributed by atoms with Gasteiger partial charge in [0.2, 0.25) is 0 Å². The van der Waals surface area contributed by atoms with Gasteiger partial charge in [0.25, 0.3) is 0 Å². The van der Waals surface area contributed by atoms with Gasteiger partial charge in [0.1, 0.15) is 0 Å². The Morgan fingerprint density at radius 3 is 2.28 bits per heavy atom. The summed E-state index contributed by atoms with van der Waals surface area (Å²) in [4.78, 5) is 2.61. The van der Waals surface area contributed by atoms with Crippen LogP contribution in [-0.4, -0.2) is 12.6 Å². The maximum Gasteiger partial charge on any atom is 0.0474 e. The van der Waals surface area contributed by atoms with E-state index in [1.54, 1.807) is 0 Å². The highest BCUT2D eigenvalue weighted by atomic mass is 35.5. The second-order valence-corrected chi connectivity index (χ2v) is 6.05. The minimum atomic E-state index is 0.605. The first-order valence-corrected chi connectivity index (χ1v) is 7.65. The molecule has 0 aromatic heterocycles. The largest absolute Gasteiger partial charge is 0.368 e. The molecule has 2 rings (SSSR count). The van der Waals surface area contributed by atoms with Crippen molar-refractivity contribution in [1.82, 2.24) is 0 Å². The van der Waals surface area contributed by atoms with Crippen LogP contribution in [0.2, 0.25) is 0 Å². The lowest BCUT2D eigenvalue weighted by Gasteiger charge is -2.33. The van der Waals surface area contributed by atoms with Crippen molar-refractivity contribution >= 4 is 17.3 Å². The molecular weight excluding hydrogens is 242 g/mol. The van der Waals surface area contributed by atoms with Crippen LogP contribution in [0.15, 0.2) is 24.3 Å². The molecule has 1 saturated carbocycles. The van der Waals surface area contributed by atoms with Gasteiger partial charge in [-0.2, -0.15) is 0 Å². The number of alkyl halides is 1. The van der Waals surface area contributed by atoms with E-state index in [2.05, 4.69) is 43.0 Å². The van der Waals surface area contributed by atoms with E-state index in [4.69, 9.17) is 11.6 Å². The van der Waals surface area contributed by atoms with Gasteiger partial charge in [-0.05, 0) is 36.5 Å². The van der Waals surface area contributed by atoms with Gasteiger partial charge in [-0.1, -0.05) is 38.8 Å². The molecule has 0 spiro atoms. The van der Waals surface area contributed by atoms with Crippen molar-refractivity contribution < 1.29 is 0 Å². The third-order valence-electron chi connectivity index (χ3n) is 3.75. The van der Waals surface area contributed by atoms with E-state index in [1.165, 1.54) is 36.9 Å². The summed E-state index contributed by atoms with van der Waals surface area (Å²) < 4.78 is 0. The Bertz CT molecular complexity index is 352. The Morgan fingerprint density at radius 1 is 1.17 bits per heavy atom. The average Bonchev–Trinajstić information content (AvgIpc) is 2.89. The average molecular weight is 266 g/mol. The number of rotatable bonds is 5. The summed E-state index contributed by atoms with van der Waals surface area (Å²) in [6.45, 7) is 5.76. The molecule has 0 N–H and O–H groups in total. The van der Waals surface area contributed by atoms with Crippen molar-refractivity contribution in [3.05, 3.63) is 29.8 Å². The fourth-order valence-electron chi connectivity index (χ4n) is 2.85. The number of anilines is 1. The van der Waals surface area contributed by atoms with E-state index in [0.717, 1.165) is 12.6 Å². The Labute approximate surface area is 116 Å². The maximum absolute atomic E-state index is 5.86. The van der Waals surface area contributed by atoms with Crippen LogP contribution in [0.3, 0.4) is 0 Å². The third kappa shape index (κ3) is 3.41. The van der Waals surface area contributed by atoms with Gasteiger partial charge >= 0.3 is 0 Å². The molecule has 0 heterocycles. The Hall–Kier alpha value is -0.690. The molecule has 0 aliphatic heterocycles. The molecule has 1 fully saturated rings. The number of nitrogens with zero attached hydrogens (tertiary/aromatic N) is 1. The van der Waals surface area contributed by atoms with Crippen LogP contribution < -0.4 is 4.90 Å². The molecule has 0 bridgehead atoms. The van der Waals surface area contributed by atoms with E-state index < -0.39 is 0 Å². The van der Waals surface area contributed by atoms with Crippen molar-refractivity contribution in [1.29, 1.82) is 0 Å². The van der Waals surface area contributed by atoms with E-state index >= 15 is 0 Å². The summed E-state index contributed by atoms with van der Waals surface area (Å²) >= 11 is 5.86. The van der Waals surface area contributed by atoms with Crippen molar-refractivity contribution in [2.45, 2.75) is 51.5 Å². The van der Waals surface area contributed by atoms with E-state index in [1.807, 2.05) is 0 Å². The zero-order chi connectivity index (χ0) is 13.0. The van der Waals surface area contributed by atoms with Crippen LogP contribution in [0.5, 0.6) is 0 Å². The second kappa shape index (κ2) is 6.47. The van der Waals surface area contributed by atoms with E-state index in [9.17, 15) is 0 Å². The summed E-state index contributed by atoms with van der Waals surface area (Å²) in [6, 6.07) is 9.53. The van der Waals surface area contributed by atoms with Crippen LogP contribution in [0, 0.1) is 5.92 Å². The molecule has 0 radical (unpaired) electrons. The quantitative estimate of drug-likeness (QED) is 0.689. The first-order chi connectivity index (χ1) is 8.70. The summed E-state index contributed by atoms with van der Waals surface area (Å²) in [6.07, 6.45) is 5.48. The lowest BCUT2D eigenvalue weighted by molar-refractivity contribution is 0.536. The molecule has 18 heavy (non-hydrogen) atoms. The molecule has 0 atom stereocenters. The number of hydrogen-bond acceptors (Lipinski definition) is 1. The lowest BCUT2D eigenvalue weighted by atomic mass is 10.1. The SMILES string of the molecule is CC(C)CN(c1ccc(CCl)cc1)C1CCCC1. The first-order valence-electron chi connectivity index (χ1n) is 7.12. The zero-order valence-electron chi connectivity index (χ0n) is 11.5. The summed E-state index contributed by atoms with van der Waals surface area (Å²) in [5.74, 6) is 1.31. The number of hydrogen-bond donors (Lipinski definition) is 0. The summed E-state index contributed by atoms with van der Waals surface area (Å²) in [7, 11) is 0. The van der Waals surface area contributed by atoms with Crippen molar-refractivity contribution in [2.75, 3.05) is 11.4 Å². The van der Waals surface area contributed by atoms with Crippen LogP contribution in [0.25, 0.3) is 0 Å². The molecule has 1 aromatic carbocycles. The molecule has 1 nitrogen and oxygen atoms in total. The highest BCUT2D eigenvalue weighted by Crippen LogP contribution is 2.29. The van der Waals surface area contributed by atoms with Gasteiger partial charge in [-0.3, -0.25) is 0 Å². The van der Waals surface area contributed by atoms with Gasteiger partial charge in [0.15, 0.2) is 0 Å². The predicted octanol–water partition coefficient (Wildman–Crippen LogP) is 4.83. The van der Waals surface area contributed by atoms with Gasteiger partial charge in [0, 0.05) is 24.2 Å². The van der Waals surface area contributed by atoms with Crippen LogP contribution >= 0.6 is 11.6 Å². The molecule has 0 unspecified atom stereocenters. The third-order valence-corrected chi connectivity index (χ3v) is 4.06. The minimum Gasteiger partial charge on any atom is -0.368 e. The molecule has 1 aliphatic carbocycles. The van der Waals surface area contributed by atoms with Crippen LogP contribution in [-0.2, 0) is 5.88 Å². The molecule has 2 heteroatoms. The highest BCUT2D eigenvalue weighted by molar-refractivity contribution is 6.17. The van der Waals surface area contributed by atoms with Crippen molar-refractivity contribution in [2.24, 2.45) is 5.92 Å². The highest BCUT2D eigenvalue weighted by Gasteiger charge is 2.23. The summed E-state index contributed by atoms with van der Waals surface area (Å²) in [5, 5.41) is 0. The van der Waals surface area contributed by atoms with Gasteiger partial charge in [-0.25, -0.2) is 0 Å². The normalized spacial score (nSPS) is 16.4. The van der Waals surface area contributed by atoms with E-state index in [-0.39, 0.29) is 0 Å². The van der Waals surface area contributed by atoms with Gasteiger partial charge in [-0.15, -0.1) is 11.6 Å². The van der Waals surface area contributed by atoms with Crippen LogP contribution in [0.4, 0.5) is 5.69 Å². The zero-order valence-corrected chi connectivity index (χ0v) is 12.3. The van der Waals surface area contributed by atoms with Crippen molar-refractivity contribution in [3.8, 4) is 0 Å². The van der Waals surface area contributed by atoms with Gasteiger partial charge in [0.05, 0.1) is 0 Å². The minimum absolute atomic E-state index is 0.605. The second-order valence-electron chi connectivity index (χ2n) is 5.78. The molecule has 1 aromatic rings. The monoisotopic (exact) mass is 265 g/mol. The van der Waals surface area contributed by atoms with Crippen molar-refractivity contribution in [3.63, 3.8) is 0 Å². The van der Waals surface area contributed by atoms with Crippen LogP contribution in [0.1, 0.15) is 45.1 Å². The fraction of sp³-hybridized carbons (Fsp3) is 0.625. The Morgan fingerprint density at radius 2 is 1.78 bits per heavy atom. The molecule has 1 aliphatic rings. The Kier molecular flexibility index (Phi) is 4.94. The fourth-order valence-corrected chi connectivity index (χ4v) is 3.03. The molecular formula is C16H24ClN. The maximum atomic E-state index is 5.86. The van der Waals surface area contributed by atoms with E-state index in [0.29, 0.717) is 11.8 Å². The topological polar surface area (TPSA) is 3.24 Å². The Balaban J connectivity index is 2.15. The lowest BCUT2D eigenvalue weighted by Crippen LogP contribution is -2.36. The predicted molar refractivity (Wildman–Crippen MR) is 80.4 cm³/mol. The first kappa shape index (κ1) is 13.7. The number of benzene rings is 1. The summed E-state index contributed by atoms with van der Waals surface area (Å²) in [5.41, 5.74) is 2.57. The smallest absolute Gasteiger partial charge is 0.0474 e. The molecule has 100 valence electrons. The standard InChI is InChI=1S/C16H24ClN/c1-13(2)12-18(15-5-3-4-6-15)16-9-7-14(11-17)8-10-16/h7-10,13,15H,3-6,11-12H2,1-2H3. The molecule has 0 saturated heterocycles. The number of halogens is 1. The molecule has 0 amide bonds.